The molecule has 0 atom stereocenters. The van der Waals surface area contributed by atoms with Crippen LogP contribution < -0.4 is 4.74 Å². The lowest BCUT2D eigenvalue weighted by molar-refractivity contribution is 0.101. The standard InChI is InChI=1S/C24H29NO2/c1-6-7-8-9-17-13-21-23(19(14-25)22(17)16(3)26)18-12-15(2)10-11-20(18)24(4,5)27-21/h12-13H,6-11H2,1-5H3. The number of ketones is 1. The van der Waals surface area contributed by atoms with Crippen LogP contribution in [0.3, 0.4) is 0 Å². The van der Waals surface area contributed by atoms with Crippen molar-refractivity contribution in [3.8, 4) is 11.8 Å². The number of hydrogen-bond donors (Lipinski definition) is 0. The fraction of sp³-hybridized carbons (Fsp3) is 0.500. The highest BCUT2D eigenvalue weighted by Gasteiger charge is 2.38. The molecule has 0 saturated carbocycles. The Morgan fingerprint density at radius 3 is 2.67 bits per heavy atom. The number of ether oxygens (including phenoxy) is 1. The van der Waals surface area contributed by atoms with Crippen molar-refractivity contribution in [2.24, 2.45) is 0 Å². The van der Waals surface area contributed by atoms with Crippen LogP contribution in [0.25, 0.3) is 5.57 Å². The van der Waals surface area contributed by atoms with Crippen LogP contribution in [0.4, 0.5) is 0 Å². The second kappa shape index (κ2) is 7.35. The van der Waals surface area contributed by atoms with E-state index in [2.05, 4.69) is 39.8 Å². The Bertz CT molecular complexity index is 894. The second-order valence-corrected chi connectivity index (χ2v) is 8.28. The van der Waals surface area contributed by atoms with Gasteiger partial charge in [-0.25, -0.2) is 0 Å². The van der Waals surface area contributed by atoms with Crippen LogP contribution in [0.2, 0.25) is 0 Å². The molecule has 3 rings (SSSR count). The number of nitrogens with zero attached hydrogens (tertiary/aromatic N) is 1. The number of nitriles is 1. The van der Waals surface area contributed by atoms with Crippen LogP contribution >= 0.6 is 0 Å². The summed E-state index contributed by atoms with van der Waals surface area (Å²) in [5, 5.41) is 10.0. The number of carbonyl (C=O) groups is 1. The van der Waals surface area contributed by atoms with E-state index >= 15 is 0 Å². The number of allylic oxidation sites excluding steroid dienone is 3. The maximum absolute atomic E-state index is 12.5. The Morgan fingerprint density at radius 1 is 1.30 bits per heavy atom. The lowest BCUT2D eigenvalue weighted by atomic mass is 9.76. The van der Waals surface area contributed by atoms with Gasteiger partial charge in [0.1, 0.15) is 17.4 Å². The number of benzene rings is 1. The van der Waals surface area contributed by atoms with E-state index in [0.717, 1.165) is 61.0 Å². The Morgan fingerprint density at radius 2 is 2.04 bits per heavy atom. The van der Waals surface area contributed by atoms with Gasteiger partial charge in [0.15, 0.2) is 5.78 Å². The predicted molar refractivity (Wildman–Crippen MR) is 109 cm³/mol. The SMILES string of the molecule is CCCCCc1cc2c(c(C#N)c1C(C)=O)C1=C(CCC(C)=C1)C(C)(C)O2. The van der Waals surface area contributed by atoms with Gasteiger partial charge in [-0.1, -0.05) is 31.4 Å². The van der Waals surface area contributed by atoms with E-state index in [9.17, 15) is 10.1 Å². The molecule has 142 valence electrons. The fourth-order valence-corrected chi connectivity index (χ4v) is 4.38. The third kappa shape index (κ3) is 3.46. The van der Waals surface area contributed by atoms with Crippen LogP contribution in [-0.2, 0) is 6.42 Å². The maximum atomic E-state index is 12.5. The van der Waals surface area contributed by atoms with E-state index in [4.69, 9.17) is 4.74 Å². The van der Waals surface area contributed by atoms with Crippen LogP contribution in [-0.4, -0.2) is 11.4 Å². The molecule has 0 N–H and O–H groups in total. The molecule has 0 spiro atoms. The van der Waals surface area contributed by atoms with Gasteiger partial charge in [-0.3, -0.25) is 4.79 Å². The normalized spacial score (nSPS) is 17.4. The second-order valence-electron chi connectivity index (χ2n) is 8.28. The molecule has 3 heteroatoms. The van der Waals surface area contributed by atoms with E-state index in [1.165, 1.54) is 11.1 Å². The molecular weight excluding hydrogens is 334 g/mol. The van der Waals surface area contributed by atoms with Crippen molar-refractivity contribution in [1.29, 1.82) is 5.26 Å². The van der Waals surface area contributed by atoms with Gasteiger partial charge in [-0.2, -0.15) is 5.26 Å². The topological polar surface area (TPSA) is 50.1 Å². The Balaban J connectivity index is 2.28. The van der Waals surface area contributed by atoms with Crippen molar-refractivity contribution < 1.29 is 9.53 Å². The van der Waals surface area contributed by atoms with Crippen molar-refractivity contribution in [2.45, 2.75) is 78.7 Å². The lowest BCUT2D eigenvalue weighted by Crippen LogP contribution is -2.36. The minimum Gasteiger partial charge on any atom is -0.483 e. The summed E-state index contributed by atoms with van der Waals surface area (Å²) in [4.78, 5) is 12.5. The van der Waals surface area contributed by atoms with Crippen molar-refractivity contribution in [2.75, 3.05) is 0 Å². The smallest absolute Gasteiger partial charge is 0.161 e. The number of fused-ring (bicyclic) bond motifs is 2. The van der Waals surface area contributed by atoms with Gasteiger partial charge in [0.25, 0.3) is 0 Å². The summed E-state index contributed by atoms with van der Waals surface area (Å²) in [6.07, 6.45) is 8.17. The van der Waals surface area contributed by atoms with Gasteiger partial charge in [0.05, 0.1) is 5.56 Å². The number of rotatable bonds is 5. The zero-order valence-electron chi connectivity index (χ0n) is 17.2. The zero-order valence-corrected chi connectivity index (χ0v) is 17.2. The average molecular weight is 364 g/mol. The van der Waals surface area contributed by atoms with Crippen LogP contribution in [0, 0.1) is 11.3 Å². The third-order valence-electron chi connectivity index (χ3n) is 5.73. The first-order valence-electron chi connectivity index (χ1n) is 10.0. The minimum absolute atomic E-state index is 0.0376. The molecule has 2 aliphatic rings. The average Bonchev–Trinajstić information content (AvgIpc) is 2.59. The molecule has 1 aliphatic heterocycles. The summed E-state index contributed by atoms with van der Waals surface area (Å²) in [5.74, 6) is 0.710. The Kier molecular flexibility index (Phi) is 5.29. The number of aryl methyl sites for hydroxylation is 1. The van der Waals surface area contributed by atoms with E-state index < -0.39 is 5.60 Å². The fourth-order valence-electron chi connectivity index (χ4n) is 4.38. The van der Waals surface area contributed by atoms with E-state index in [1.54, 1.807) is 6.92 Å². The van der Waals surface area contributed by atoms with Crippen LogP contribution in [0.15, 0.2) is 23.3 Å². The first-order valence-corrected chi connectivity index (χ1v) is 10.0. The molecule has 0 radical (unpaired) electrons. The van der Waals surface area contributed by atoms with Gasteiger partial charge in [0, 0.05) is 11.1 Å². The molecule has 0 amide bonds. The lowest BCUT2D eigenvalue weighted by Gasteiger charge is -2.39. The van der Waals surface area contributed by atoms with Gasteiger partial charge < -0.3 is 4.74 Å². The van der Waals surface area contributed by atoms with Crippen molar-refractivity contribution in [3.05, 3.63) is 45.5 Å². The molecule has 0 aromatic heterocycles. The summed E-state index contributed by atoms with van der Waals surface area (Å²) in [5.41, 5.74) is 6.05. The molecule has 1 aromatic carbocycles. The van der Waals surface area contributed by atoms with Crippen molar-refractivity contribution in [1.82, 2.24) is 0 Å². The molecule has 1 aromatic rings. The highest BCUT2D eigenvalue weighted by Crippen LogP contribution is 2.48. The number of carbonyl (C=O) groups excluding carboxylic acids is 1. The van der Waals surface area contributed by atoms with Gasteiger partial charge in [-0.05, 0) is 76.2 Å². The molecular formula is C24H29NO2. The molecule has 0 saturated heterocycles. The van der Waals surface area contributed by atoms with Crippen LogP contribution in [0.5, 0.6) is 5.75 Å². The molecule has 1 aliphatic carbocycles. The summed E-state index contributed by atoms with van der Waals surface area (Å²) < 4.78 is 6.40. The molecule has 0 fully saturated rings. The molecule has 0 bridgehead atoms. The first kappa shape index (κ1) is 19.4. The Labute approximate surface area is 162 Å². The summed E-state index contributed by atoms with van der Waals surface area (Å²) in [6, 6.07) is 4.37. The number of Topliss-reactive ketones (excluding diaryl/α,β-unsaturated/α-hetero) is 1. The number of hydrogen-bond acceptors (Lipinski definition) is 3. The highest BCUT2D eigenvalue weighted by atomic mass is 16.5. The molecule has 27 heavy (non-hydrogen) atoms. The van der Waals surface area contributed by atoms with E-state index in [-0.39, 0.29) is 5.78 Å². The third-order valence-corrected chi connectivity index (χ3v) is 5.73. The van der Waals surface area contributed by atoms with Crippen molar-refractivity contribution >= 4 is 11.4 Å². The largest absolute Gasteiger partial charge is 0.483 e. The molecule has 3 nitrogen and oxygen atoms in total. The first-order chi connectivity index (χ1) is 12.8. The van der Waals surface area contributed by atoms with Gasteiger partial charge >= 0.3 is 0 Å². The molecule has 1 heterocycles. The predicted octanol–water partition coefficient (Wildman–Crippen LogP) is 6.16. The summed E-state index contributed by atoms with van der Waals surface area (Å²) in [6.45, 7) is 10.1. The molecule has 0 unspecified atom stereocenters. The minimum atomic E-state index is -0.398. The Hall–Kier alpha value is -2.34. The summed E-state index contributed by atoms with van der Waals surface area (Å²) >= 11 is 0. The van der Waals surface area contributed by atoms with E-state index in [0.29, 0.717) is 11.1 Å². The van der Waals surface area contributed by atoms with E-state index in [1.807, 2.05) is 6.07 Å². The highest BCUT2D eigenvalue weighted by molar-refractivity contribution is 6.01. The number of unbranched alkanes of at least 4 members (excludes halogenated alkanes) is 2. The van der Waals surface area contributed by atoms with Gasteiger partial charge in [-0.15, -0.1) is 0 Å². The zero-order chi connectivity index (χ0) is 19.8. The van der Waals surface area contributed by atoms with Crippen molar-refractivity contribution in [3.63, 3.8) is 0 Å². The van der Waals surface area contributed by atoms with Gasteiger partial charge in [0.2, 0.25) is 0 Å². The monoisotopic (exact) mass is 363 g/mol. The summed E-state index contributed by atoms with van der Waals surface area (Å²) in [7, 11) is 0. The quantitative estimate of drug-likeness (QED) is 0.465. The van der Waals surface area contributed by atoms with Crippen LogP contribution in [0.1, 0.15) is 93.8 Å². The maximum Gasteiger partial charge on any atom is 0.161 e.